The van der Waals surface area contributed by atoms with Crippen molar-refractivity contribution in [3.8, 4) is 5.88 Å². The Morgan fingerprint density at radius 2 is 2.14 bits per heavy atom. The van der Waals surface area contributed by atoms with Crippen LogP contribution in [-0.2, 0) is 4.74 Å². The maximum Gasteiger partial charge on any atom is 0.515 e. The number of halogens is 1. The quantitative estimate of drug-likeness (QED) is 0.708. The van der Waals surface area contributed by atoms with E-state index in [0.29, 0.717) is 0 Å². The van der Waals surface area contributed by atoms with Crippen LogP contribution in [0.5, 0.6) is 5.88 Å². The van der Waals surface area contributed by atoms with E-state index in [1.807, 2.05) is 0 Å². The lowest BCUT2D eigenvalue weighted by Gasteiger charge is -2.06. The van der Waals surface area contributed by atoms with Crippen molar-refractivity contribution in [1.82, 2.24) is 10.2 Å². The van der Waals surface area contributed by atoms with E-state index >= 15 is 0 Å². The summed E-state index contributed by atoms with van der Waals surface area (Å²) in [6, 6.07) is 2.89. The first kappa shape index (κ1) is 10.7. The van der Waals surface area contributed by atoms with E-state index in [1.54, 1.807) is 13.8 Å². The number of ether oxygens (including phenoxy) is 2. The maximum atomic E-state index is 11.0. The van der Waals surface area contributed by atoms with Crippen molar-refractivity contribution < 1.29 is 14.3 Å². The van der Waals surface area contributed by atoms with Crippen LogP contribution in [0.15, 0.2) is 12.1 Å². The highest BCUT2D eigenvalue weighted by molar-refractivity contribution is 6.29. The van der Waals surface area contributed by atoms with Gasteiger partial charge in [0, 0.05) is 6.07 Å². The fourth-order valence-electron chi connectivity index (χ4n) is 0.660. The van der Waals surface area contributed by atoms with Crippen molar-refractivity contribution in [1.29, 1.82) is 0 Å². The summed E-state index contributed by atoms with van der Waals surface area (Å²) >= 11 is 5.49. The van der Waals surface area contributed by atoms with Gasteiger partial charge >= 0.3 is 6.16 Å². The zero-order valence-electron chi connectivity index (χ0n) is 7.73. The summed E-state index contributed by atoms with van der Waals surface area (Å²) in [6.45, 7) is 3.43. The number of nitrogens with zero attached hydrogens (tertiary/aromatic N) is 2. The predicted molar refractivity (Wildman–Crippen MR) is 49.3 cm³/mol. The summed E-state index contributed by atoms with van der Waals surface area (Å²) in [5, 5.41) is 7.25. The van der Waals surface area contributed by atoms with E-state index in [9.17, 15) is 4.79 Å². The molecule has 0 unspecified atom stereocenters. The summed E-state index contributed by atoms with van der Waals surface area (Å²) in [7, 11) is 0. The maximum absolute atomic E-state index is 11.0. The van der Waals surface area contributed by atoms with Gasteiger partial charge in [0.05, 0.1) is 6.10 Å². The number of rotatable bonds is 2. The Bertz CT molecular complexity index is 313. The van der Waals surface area contributed by atoms with Crippen LogP contribution in [0.4, 0.5) is 4.79 Å². The van der Waals surface area contributed by atoms with Gasteiger partial charge in [-0.3, -0.25) is 0 Å². The molecule has 0 amide bonds. The van der Waals surface area contributed by atoms with Crippen LogP contribution in [0.1, 0.15) is 13.8 Å². The Labute approximate surface area is 86.0 Å². The van der Waals surface area contributed by atoms with Crippen molar-refractivity contribution in [2.75, 3.05) is 0 Å². The van der Waals surface area contributed by atoms with Crippen molar-refractivity contribution >= 4 is 17.8 Å². The van der Waals surface area contributed by atoms with Gasteiger partial charge in [0.25, 0.3) is 0 Å². The number of hydrogen-bond acceptors (Lipinski definition) is 5. The van der Waals surface area contributed by atoms with Gasteiger partial charge in [-0.15, -0.1) is 10.2 Å². The molecule has 0 aliphatic rings. The molecule has 0 radical (unpaired) electrons. The standard InChI is InChI=1S/C8H9ClN2O3/c1-5(2)13-8(12)14-7-4-3-6(9)10-11-7/h3-5H,1-2H3. The summed E-state index contributed by atoms with van der Waals surface area (Å²) in [6.07, 6.45) is -1.04. The lowest BCUT2D eigenvalue weighted by Crippen LogP contribution is -2.16. The van der Waals surface area contributed by atoms with Crippen LogP contribution in [0.2, 0.25) is 5.15 Å². The second kappa shape index (κ2) is 4.76. The molecule has 5 nitrogen and oxygen atoms in total. The summed E-state index contributed by atoms with van der Waals surface area (Å²) < 4.78 is 9.41. The third-order valence-electron chi connectivity index (χ3n) is 1.13. The minimum atomic E-state index is -0.809. The van der Waals surface area contributed by atoms with E-state index in [1.165, 1.54) is 12.1 Å². The number of carbonyl (C=O) groups excluding carboxylic acids is 1. The molecule has 1 aromatic heterocycles. The van der Waals surface area contributed by atoms with Gasteiger partial charge in [-0.25, -0.2) is 4.79 Å². The smallest absolute Gasteiger partial charge is 0.431 e. The average molecular weight is 217 g/mol. The average Bonchev–Trinajstić information content (AvgIpc) is 2.07. The molecule has 0 aromatic carbocycles. The Balaban J connectivity index is 2.52. The van der Waals surface area contributed by atoms with Gasteiger partial charge in [-0.1, -0.05) is 11.6 Å². The van der Waals surface area contributed by atoms with Crippen molar-refractivity contribution in [2.24, 2.45) is 0 Å². The van der Waals surface area contributed by atoms with E-state index in [-0.39, 0.29) is 17.1 Å². The highest BCUT2D eigenvalue weighted by atomic mass is 35.5. The molecule has 0 fully saturated rings. The minimum absolute atomic E-state index is 0.0556. The molecule has 1 rings (SSSR count). The van der Waals surface area contributed by atoms with Gasteiger partial charge in [-0.05, 0) is 19.9 Å². The molecular formula is C8H9ClN2O3. The van der Waals surface area contributed by atoms with Crippen LogP contribution in [0.25, 0.3) is 0 Å². The van der Waals surface area contributed by atoms with Gasteiger partial charge in [0.2, 0.25) is 5.88 Å². The third-order valence-corrected chi connectivity index (χ3v) is 1.33. The molecular weight excluding hydrogens is 208 g/mol. The normalized spacial score (nSPS) is 10.0. The Morgan fingerprint density at radius 3 is 2.64 bits per heavy atom. The summed E-state index contributed by atoms with van der Waals surface area (Å²) in [5.41, 5.74) is 0. The van der Waals surface area contributed by atoms with Crippen molar-refractivity contribution in [2.45, 2.75) is 20.0 Å². The van der Waals surface area contributed by atoms with Gasteiger partial charge in [0.1, 0.15) is 0 Å². The topological polar surface area (TPSA) is 61.3 Å². The number of carbonyl (C=O) groups is 1. The molecule has 6 heteroatoms. The monoisotopic (exact) mass is 216 g/mol. The molecule has 0 saturated heterocycles. The lowest BCUT2D eigenvalue weighted by molar-refractivity contribution is 0.0713. The molecule has 0 saturated carbocycles. The van der Waals surface area contributed by atoms with E-state index in [2.05, 4.69) is 14.9 Å². The van der Waals surface area contributed by atoms with E-state index < -0.39 is 6.16 Å². The molecule has 14 heavy (non-hydrogen) atoms. The van der Waals surface area contributed by atoms with E-state index in [0.717, 1.165) is 0 Å². The first-order chi connectivity index (χ1) is 6.58. The van der Waals surface area contributed by atoms with Crippen LogP contribution < -0.4 is 4.74 Å². The third kappa shape index (κ3) is 3.57. The Morgan fingerprint density at radius 1 is 1.43 bits per heavy atom. The van der Waals surface area contributed by atoms with Gasteiger partial charge in [-0.2, -0.15) is 0 Å². The largest absolute Gasteiger partial charge is 0.515 e. The molecule has 0 N–H and O–H groups in total. The Hall–Kier alpha value is -1.36. The molecule has 0 aliphatic carbocycles. The second-order valence-electron chi connectivity index (χ2n) is 2.71. The predicted octanol–water partition coefficient (Wildman–Crippen LogP) is 2.05. The lowest BCUT2D eigenvalue weighted by atomic mass is 10.5. The first-order valence-corrected chi connectivity index (χ1v) is 4.33. The number of aromatic nitrogens is 2. The fraction of sp³-hybridized carbons (Fsp3) is 0.375. The van der Waals surface area contributed by atoms with Crippen LogP contribution in [-0.4, -0.2) is 22.5 Å². The molecule has 0 spiro atoms. The summed E-state index contributed by atoms with van der Waals surface area (Å²) in [4.78, 5) is 11.0. The SMILES string of the molecule is CC(C)OC(=O)Oc1ccc(Cl)nn1. The fourth-order valence-corrected chi connectivity index (χ4v) is 0.761. The molecule has 0 bridgehead atoms. The second-order valence-corrected chi connectivity index (χ2v) is 3.10. The number of hydrogen-bond donors (Lipinski definition) is 0. The van der Waals surface area contributed by atoms with Crippen LogP contribution >= 0.6 is 11.6 Å². The highest BCUT2D eigenvalue weighted by Gasteiger charge is 2.09. The zero-order chi connectivity index (χ0) is 10.6. The van der Waals surface area contributed by atoms with E-state index in [4.69, 9.17) is 16.3 Å². The molecule has 0 aliphatic heterocycles. The summed E-state index contributed by atoms with van der Waals surface area (Å²) in [5.74, 6) is 0.0556. The highest BCUT2D eigenvalue weighted by Crippen LogP contribution is 2.09. The minimum Gasteiger partial charge on any atom is -0.431 e. The van der Waals surface area contributed by atoms with Crippen molar-refractivity contribution in [3.63, 3.8) is 0 Å². The first-order valence-electron chi connectivity index (χ1n) is 3.95. The molecule has 0 atom stereocenters. The molecule has 76 valence electrons. The van der Waals surface area contributed by atoms with Crippen LogP contribution in [0.3, 0.4) is 0 Å². The van der Waals surface area contributed by atoms with Gasteiger partial charge in [0.15, 0.2) is 5.15 Å². The van der Waals surface area contributed by atoms with Gasteiger partial charge < -0.3 is 9.47 Å². The van der Waals surface area contributed by atoms with Crippen molar-refractivity contribution in [3.05, 3.63) is 17.3 Å². The zero-order valence-corrected chi connectivity index (χ0v) is 8.49. The molecule has 1 heterocycles. The molecule has 1 aromatic rings. The Kier molecular flexibility index (Phi) is 3.64. The van der Waals surface area contributed by atoms with Crippen LogP contribution in [0, 0.1) is 0 Å².